The van der Waals surface area contributed by atoms with Crippen molar-refractivity contribution in [1.29, 1.82) is 0 Å². The molecule has 1 aromatic rings. The lowest BCUT2D eigenvalue weighted by atomic mass is 9.73. The third-order valence-corrected chi connectivity index (χ3v) is 4.19. The Morgan fingerprint density at radius 2 is 2.32 bits per heavy atom. The molecule has 0 bridgehead atoms. The predicted octanol–water partition coefficient (Wildman–Crippen LogP) is 3.50. The van der Waals surface area contributed by atoms with E-state index < -0.39 is 11.4 Å². The largest absolute Gasteiger partial charge is 0.319 e. The second-order valence-electron chi connectivity index (χ2n) is 5.69. The molecular formula is C15H19ClFNO. The maximum atomic E-state index is 13.7. The molecule has 104 valence electrons. The van der Waals surface area contributed by atoms with Crippen molar-refractivity contribution in [2.24, 2.45) is 11.7 Å². The summed E-state index contributed by atoms with van der Waals surface area (Å²) in [5, 5.41) is 0.336. The van der Waals surface area contributed by atoms with Crippen LogP contribution in [0.5, 0.6) is 0 Å². The van der Waals surface area contributed by atoms with Gasteiger partial charge in [0.15, 0.2) is 5.78 Å². The molecule has 2 nitrogen and oxygen atoms in total. The van der Waals surface area contributed by atoms with Crippen LogP contribution in [0.3, 0.4) is 0 Å². The van der Waals surface area contributed by atoms with Crippen molar-refractivity contribution >= 4 is 17.4 Å². The molecule has 2 unspecified atom stereocenters. The first kappa shape index (κ1) is 14.5. The molecule has 19 heavy (non-hydrogen) atoms. The fourth-order valence-electron chi connectivity index (χ4n) is 2.86. The summed E-state index contributed by atoms with van der Waals surface area (Å²) >= 11 is 5.70. The number of benzene rings is 1. The highest BCUT2D eigenvalue weighted by Crippen LogP contribution is 2.32. The smallest absolute Gasteiger partial charge is 0.157 e. The molecule has 0 radical (unpaired) electrons. The Morgan fingerprint density at radius 1 is 1.58 bits per heavy atom. The van der Waals surface area contributed by atoms with Crippen LogP contribution >= 0.6 is 11.6 Å². The summed E-state index contributed by atoms with van der Waals surface area (Å²) in [4.78, 5) is 12.3. The van der Waals surface area contributed by atoms with Gasteiger partial charge in [-0.05, 0) is 36.5 Å². The standard InChI is InChI=1S/C15H19ClFNO/c1-10-3-2-6-15(18,9-10)14(19)7-11-4-5-12(16)8-13(11)17/h4-5,8,10H,2-3,6-7,9,18H2,1H3. The quantitative estimate of drug-likeness (QED) is 0.923. The zero-order valence-electron chi connectivity index (χ0n) is 11.1. The van der Waals surface area contributed by atoms with Gasteiger partial charge in [-0.25, -0.2) is 4.39 Å². The van der Waals surface area contributed by atoms with E-state index in [1.165, 1.54) is 6.07 Å². The van der Waals surface area contributed by atoms with Crippen molar-refractivity contribution < 1.29 is 9.18 Å². The Bertz CT molecular complexity index is 491. The third kappa shape index (κ3) is 3.34. The summed E-state index contributed by atoms with van der Waals surface area (Å²) in [5.74, 6) is -0.0497. The van der Waals surface area contributed by atoms with E-state index in [-0.39, 0.29) is 12.2 Å². The molecule has 0 spiro atoms. The van der Waals surface area contributed by atoms with Crippen molar-refractivity contribution in [1.82, 2.24) is 0 Å². The van der Waals surface area contributed by atoms with Gasteiger partial charge >= 0.3 is 0 Å². The van der Waals surface area contributed by atoms with E-state index in [0.717, 1.165) is 12.8 Å². The lowest BCUT2D eigenvalue weighted by molar-refractivity contribution is -0.125. The Balaban J connectivity index is 2.12. The second-order valence-corrected chi connectivity index (χ2v) is 6.13. The number of hydrogen-bond acceptors (Lipinski definition) is 2. The molecule has 2 rings (SSSR count). The molecule has 1 fully saturated rings. The molecular weight excluding hydrogens is 265 g/mol. The predicted molar refractivity (Wildman–Crippen MR) is 74.7 cm³/mol. The fraction of sp³-hybridized carbons (Fsp3) is 0.533. The molecule has 1 aromatic carbocycles. The van der Waals surface area contributed by atoms with Crippen LogP contribution in [0.2, 0.25) is 5.02 Å². The van der Waals surface area contributed by atoms with Crippen LogP contribution < -0.4 is 5.73 Å². The molecule has 2 atom stereocenters. The van der Waals surface area contributed by atoms with Gasteiger partial charge in [0, 0.05) is 11.4 Å². The van der Waals surface area contributed by atoms with Crippen molar-refractivity contribution in [2.45, 2.75) is 44.6 Å². The minimum Gasteiger partial charge on any atom is -0.319 e. The molecule has 0 aromatic heterocycles. The average molecular weight is 284 g/mol. The van der Waals surface area contributed by atoms with Gasteiger partial charge in [0.05, 0.1) is 5.54 Å². The Morgan fingerprint density at radius 3 is 2.95 bits per heavy atom. The topological polar surface area (TPSA) is 43.1 Å². The van der Waals surface area contributed by atoms with Gasteiger partial charge in [0.25, 0.3) is 0 Å². The lowest BCUT2D eigenvalue weighted by Crippen LogP contribution is -2.51. The summed E-state index contributed by atoms with van der Waals surface area (Å²) in [6, 6.07) is 4.39. The maximum Gasteiger partial charge on any atom is 0.157 e. The van der Waals surface area contributed by atoms with E-state index in [2.05, 4.69) is 6.92 Å². The number of carbonyl (C=O) groups excluding carboxylic acids is 1. The van der Waals surface area contributed by atoms with Crippen LogP contribution in [0.15, 0.2) is 18.2 Å². The van der Waals surface area contributed by atoms with Gasteiger partial charge in [-0.3, -0.25) is 4.79 Å². The van der Waals surface area contributed by atoms with E-state index >= 15 is 0 Å². The van der Waals surface area contributed by atoms with Gasteiger partial charge in [0.2, 0.25) is 0 Å². The van der Waals surface area contributed by atoms with Gasteiger partial charge in [0.1, 0.15) is 5.82 Å². The first-order valence-electron chi connectivity index (χ1n) is 6.67. The van der Waals surface area contributed by atoms with Gasteiger partial charge < -0.3 is 5.73 Å². The minimum absolute atomic E-state index is 0.0478. The number of nitrogens with two attached hydrogens (primary N) is 1. The highest BCUT2D eigenvalue weighted by atomic mass is 35.5. The first-order valence-corrected chi connectivity index (χ1v) is 7.04. The molecule has 1 aliphatic rings. The Labute approximate surface area is 118 Å². The molecule has 0 heterocycles. The third-order valence-electron chi connectivity index (χ3n) is 3.95. The van der Waals surface area contributed by atoms with Crippen LogP contribution in [-0.4, -0.2) is 11.3 Å². The summed E-state index contributed by atoms with van der Waals surface area (Å²) in [5.41, 5.74) is 5.81. The number of rotatable bonds is 3. The number of carbonyl (C=O) groups is 1. The monoisotopic (exact) mass is 283 g/mol. The van der Waals surface area contributed by atoms with Gasteiger partial charge in [-0.2, -0.15) is 0 Å². The van der Waals surface area contributed by atoms with Gasteiger partial charge in [-0.1, -0.05) is 37.4 Å². The normalized spacial score (nSPS) is 27.3. The molecule has 2 N–H and O–H groups in total. The van der Waals surface area contributed by atoms with Crippen LogP contribution in [0.4, 0.5) is 4.39 Å². The molecule has 1 saturated carbocycles. The van der Waals surface area contributed by atoms with E-state index in [1.54, 1.807) is 12.1 Å². The zero-order chi connectivity index (χ0) is 14.0. The second kappa shape index (κ2) is 5.59. The van der Waals surface area contributed by atoms with Gasteiger partial charge in [-0.15, -0.1) is 0 Å². The Hall–Kier alpha value is -0.930. The van der Waals surface area contributed by atoms with Crippen LogP contribution in [0.25, 0.3) is 0 Å². The first-order chi connectivity index (χ1) is 8.90. The summed E-state index contributed by atoms with van der Waals surface area (Å²) in [6.45, 7) is 2.11. The number of Topliss-reactive ketones (excluding diaryl/α,β-unsaturated/α-hetero) is 1. The molecule has 0 aliphatic heterocycles. The van der Waals surface area contributed by atoms with Crippen LogP contribution in [-0.2, 0) is 11.2 Å². The minimum atomic E-state index is -0.788. The van der Waals surface area contributed by atoms with E-state index in [9.17, 15) is 9.18 Å². The lowest BCUT2D eigenvalue weighted by Gasteiger charge is -2.35. The summed E-state index contributed by atoms with van der Waals surface area (Å²) < 4.78 is 13.7. The highest BCUT2D eigenvalue weighted by Gasteiger charge is 2.37. The molecule has 0 saturated heterocycles. The fourth-order valence-corrected chi connectivity index (χ4v) is 3.02. The van der Waals surface area contributed by atoms with Crippen molar-refractivity contribution in [3.8, 4) is 0 Å². The van der Waals surface area contributed by atoms with E-state index in [1.807, 2.05) is 0 Å². The van der Waals surface area contributed by atoms with Crippen molar-refractivity contribution in [2.75, 3.05) is 0 Å². The number of hydrogen-bond donors (Lipinski definition) is 1. The molecule has 1 aliphatic carbocycles. The molecule has 0 amide bonds. The van der Waals surface area contributed by atoms with Crippen molar-refractivity contribution in [3.63, 3.8) is 0 Å². The summed E-state index contributed by atoms with van der Waals surface area (Å²) in [7, 11) is 0. The number of halogens is 2. The zero-order valence-corrected chi connectivity index (χ0v) is 11.8. The number of ketones is 1. The average Bonchev–Trinajstić information content (AvgIpc) is 2.32. The summed E-state index contributed by atoms with van der Waals surface area (Å²) in [6.07, 6.45) is 3.52. The van der Waals surface area contributed by atoms with Crippen LogP contribution in [0, 0.1) is 11.7 Å². The van der Waals surface area contributed by atoms with Crippen molar-refractivity contribution in [3.05, 3.63) is 34.6 Å². The SMILES string of the molecule is CC1CCCC(N)(C(=O)Cc2ccc(Cl)cc2F)C1. The van der Waals surface area contributed by atoms with Crippen LogP contribution in [0.1, 0.15) is 38.2 Å². The van der Waals surface area contributed by atoms with E-state index in [0.29, 0.717) is 29.3 Å². The maximum absolute atomic E-state index is 13.7. The molecule has 4 heteroatoms. The Kier molecular flexibility index (Phi) is 4.26. The highest BCUT2D eigenvalue weighted by molar-refractivity contribution is 6.30. The van der Waals surface area contributed by atoms with E-state index in [4.69, 9.17) is 17.3 Å².